The second-order valence-electron chi connectivity index (χ2n) is 10.2. The molecule has 1 aromatic heterocycles. The van der Waals surface area contributed by atoms with Crippen LogP contribution in [0, 0.1) is 6.92 Å². The number of thiophene rings is 1. The third-order valence-electron chi connectivity index (χ3n) is 8.01. The van der Waals surface area contributed by atoms with Gasteiger partial charge in [0.15, 0.2) is 0 Å². The van der Waals surface area contributed by atoms with Gasteiger partial charge in [-0.25, -0.2) is 0 Å². The van der Waals surface area contributed by atoms with Crippen LogP contribution in [-0.4, -0.2) is 65.8 Å². The van der Waals surface area contributed by atoms with Gasteiger partial charge in [-0.15, -0.1) is 11.3 Å². The van der Waals surface area contributed by atoms with Crippen molar-refractivity contribution in [1.82, 2.24) is 14.7 Å². The van der Waals surface area contributed by atoms with Crippen molar-refractivity contribution in [2.24, 2.45) is 0 Å². The third kappa shape index (κ3) is 5.51. The van der Waals surface area contributed by atoms with Gasteiger partial charge in [0.25, 0.3) is 0 Å². The minimum absolute atomic E-state index is 0.108. The number of aryl methyl sites for hydroxylation is 1. The summed E-state index contributed by atoms with van der Waals surface area (Å²) in [6.07, 6.45) is 2.34. The normalized spacial score (nSPS) is 18.9. The van der Waals surface area contributed by atoms with E-state index in [-0.39, 0.29) is 23.8 Å². The Hall–Kier alpha value is -2.96. The van der Waals surface area contributed by atoms with Crippen molar-refractivity contribution >= 4 is 23.2 Å². The Morgan fingerprint density at radius 3 is 2.32 bits per heavy atom. The Kier molecular flexibility index (Phi) is 8.06. The number of benzene rings is 2. The van der Waals surface area contributed by atoms with Gasteiger partial charge in [0.05, 0.1) is 12.0 Å². The topological polar surface area (TPSA) is 43.9 Å². The molecule has 1 fully saturated rings. The van der Waals surface area contributed by atoms with E-state index in [4.69, 9.17) is 0 Å². The first-order valence-electron chi connectivity index (χ1n) is 13.5. The molecular formula is C31H37N3O2S. The molecule has 5 rings (SSSR count). The number of amides is 2. The maximum Gasteiger partial charge on any atom is 0.230 e. The highest BCUT2D eigenvalue weighted by Gasteiger charge is 2.32. The molecule has 37 heavy (non-hydrogen) atoms. The quantitative estimate of drug-likeness (QED) is 0.431. The Bertz CT molecular complexity index is 1220. The molecule has 2 amide bonds. The Morgan fingerprint density at radius 1 is 0.892 bits per heavy atom. The van der Waals surface area contributed by atoms with Crippen LogP contribution in [0.5, 0.6) is 0 Å². The van der Waals surface area contributed by atoms with Gasteiger partial charge in [-0.2, -0.15) is 0 Å². The summed E-state index contributed by atoms with van der Waals surface area (Å²) in [6, 6.07) is 21.1. The third-order valence-corrected chi connectivity index (χ3v) is 9.01. The summed E-state index contributed by atoms with van der Waals surface area (Å²) >= 11 is 1.85. The predicted molar refractivity (Wildman–Crippen MR) is 150 cm³/mol. The van der Waals surface area contributed by atoms with E-state index in [0.717, 1.165) is 31.5 Å². The molecule has 0 spiro atoms. The summed E-state index contributed by atoms with van der Waals surface area (Å²) in [5, 5.41) is 2.20. The predicted octanol–water partition coefficient (Wildman–Crippen LogP) is 5.26. The van der Waals surface area contributed by atoms with Crippen molar-refractivity contribution in [3.8, 4) is 0 Å². The van der Waals surface area contributed by atoms with Gasteiger partial charge in [0.2, 0.25) is 11.8 Å². The van der Waals surface area contributed by atoms with Crippen LogP contribution in [-0.2, 0) is 16.0 Å². The number of hydrogen-bond donors (Lipinski definition) is 0. The zero-order chi connectivity index (χ0) is 25.8. The zero-order valence-electron chi connectivity index (χ0n) is 21.9. The van der Waals surface area contributed by atoms with E-state index in [1.165, 1.54) is 21.6 Å². The van der Waals surface area contributed by atoms with Crippen molar-refractivity contribution in [3.63, 3.8) is 0 Å². The van der Waals surface area contributed by atoms with E-state index >= 15 is 0 Å². The molecule has 1 saturated heterocycles. The second-order valence-corrected chi connectivity index (χ2v) is 11.2. The SMILES string of the molecule is CC[C@H](C(=O)N1CCN(C(=O)CCN2CCc3sccc3[C@@H]2c2ccccc2C)CC1)c1ccccc1. The largest absolute Gasteiger partial charge is 0.339 e. The van der Waals surface area contributed by atoms with Crippen LogP contribution in [0.2, 0.25) is 0 Å². The smallest absolute Gasteiger partial charge is 0.230 e. The summed E-state index contributed by atoms with van der Waals surface area (Å²) in [6.45, 7) is 8.43. The molecule has 0 saturated carbocycles. The number of carbonyl (C=O) groups is 2. The van der Waals surface area contributed by atoms with Crippen molar-refractivity contribution < 1.29 is 9.59 Å². The molecular weight excluding hydrogens is 478 g/mol. The highest BCUT2D eigenvalue weighted by atomic mass is 32.1. The lowest BCUT2D eigenvalue weighted by molar-refractivity contribution is -0.140. The van der Waals surface area contributed by atoms with Crippen LogP contribution < -0.4 is 0 Å². The summed E-state index contributed by atoms with van der Waals surface area (Å²) in [5.41, 5.74) is 5.11. The lowest BCUT2D eigenvalue weighted by Crippen LogP contribution is -2.52. The fraction of sp³-hybridized carbons (Fsp3) is 0.419. The molecule has 3 heterocycles. The molecule has 2 aliphatic rings. The molecule has 2 atom stereocenters. The number of nitrogens with zero attached hydrogens (tertiary/aromatic N) is 3. The van der Waals surface area contributed by atoms with Crippen LogP contribution in [0.3, 0.4) is 0 Å². The molecule has 2 aliphatic heterocycles. The number of carbonyl (C=O) groups excluding carboxylic acids is 2. The Balaban J connectivity index is 1.19. The number of rotatable bonds is 7. The average Bonchev–Trinajstić information content (AvgIpc) is 3.42. The highest BCUT2D eigenvalue weighted by Crippen LogP contribution is 2.39. The number of hydrogen-bond acceptors (Lipinski definition) is 4. The van der Waals surface area contributed by atoms with Gasteiger partial charge in [0.1, 0.15) is 0 Å². The molecule has 0 radical (unpaired) electrons. The lowest BCUT2D eigenvalue weighted by atomic mass is 9.90. The van der Waals surface area contributed by atoms with Crippen molar-refractivity contribution in [2.45, 2.75) is 45.1 Å². The van der Waals surface area contributed by atoms with Crippen LogP contribution in [0.1, 0.15) is 58.9 Å². The van der Waals surface area contributed by atoms with Gasteiger partial charge in [0, 0.05) is 50.6 Å². The van der Waals surface area contributed by atoms with Crippen LogP contribution in [0.4, 0.5) is 0 Å². The van der Waals surface area contributed by atoms with Gasteiger partial charge in [-0.1, -0.05) is 61.5 Å². The summed E-state index contributed by atoms with van der Waals surface area (Å²) in [7, 11) is 0. The van der Waals surface area contributed by atoms with E-state index in [1.807, 2.05) is 51.5 Å². The van der Waals surface area contributed by atoms with Crippen LogP contribution in [0.15, 0.2) is 66.0 Å². The highest BCUT2D eigenvalue weighted by molar-refractivity contribution is 7.10. The summed E-state index contributed by atoms with van der Waals surface area (Å²) in [4.78, 5) is 34.3. The monoisotopic (exact) mass is 515 g/mol. The van der Waals surface area contributed by atoms with E-state index in [2.05, 4.69) is 54.5 Å². The molecule has 2 aromatic carbocycles. The fourth-order valence-corrected chi connectivity index (χ4v) is 6.80. The van der Waals surface area contributed by atoms with E-state index in [0.29, 0.717) is 32.6 Å². The molecule has 6 heteroatoms. The van der Waals surface area contributed by atoms with Gasteiger partial charge in [-0.05, 0) is 53.5 Å². The molecule has 0 bridgehead atoms. The van der Waals surface area contributed by atoms with Gasteiger partial charge in [-0.3, -0.25) is 14.5 Å². The molecule has 194 valence electrons. The molecule has 3 aromatic rings. The zero-order valence-corrected chi connectivity index (χ0v) is 22.8. The molecule has 0 unspecified atom stereocenters. The summed E-state index contributed by atoms with van der Waals surface area (Å²) in [5.74, 6) is 0.270. The first-order valence-corrected chi connectivity index (χ1v) is 14.4. The number of piperazine rings is 1. The standard InChI is InChI=1S/C31H37N3O2S/c1-3-25(24-10-5-4-6-11-24)31(36)34-20-18-32(19-21-34)29(35)14-17-33-16-13-28-27(15-22-37-28)30(33)26-12-8-7-9-23(26)2/h4-12,15,22,25,30H,3,13-14,16-21H2,1-2H3/t25-,30-/m0/s1. The second kappa shape index (κ2) is 11.6. The van der Waals surface area contributed by atoms with E-state index in [9.17, 15) is 9.59 Å². The minimum atomic E-state index is -0.108. The maximum absolute atomic E-state index is 13.2. The van der Waals surface area contributed by atoms with Crippen molar-refractivity contribution in [3.05, 3.63) is 93.2 Å². The van der Waals surface area contributed by atoms with Crippen LogP contribution in [0.25, 0.3) is 0 Å². The van der Waals surface area contributed by atoms with Crippen molar-refractivity contribution in [1.29, 1.82) is 0 Å². The minimum Gasteiger partial charge on any atom is -0.339 e. The van der Waals surface area contributed by atoms with Gasteiger partial charge >= 0.3 is 0 Å². The molecule has 0 aliphatic carbocycles. The van der Waals surface area contributed by atoms with E-state index in [1.54, 1.807) is 0 Å². The Morgan fingerprint density at radius 2 is 1.59 bits per heavy atom. The van der Waals surface area contributed by atoms with Crippen molar-refractivity contribution in [2.75, 3.05) is 39.3 Å². The van der Waals surface area contributed by atoms with Crippen LogP contribution >= 0.6 is 11.3 Å². The van der Waals surface area contributed by atoms with Gasteiger partial charge < -0.3 is 9.80 Å². The Labute approximate surface area is 224 Å². The fourth-order valence-electron chi connectivity index (χ4n) is 5.90. The maximum atomic E-state index is 13.2. The lowest BCUT2D eigenvalue weighted by Gasteiger charge is -2.38. The average molecular weight is 516 g/mol. The molecule has 5 nitrogen and oxygen atoms in total. The first-order chi connectivity index (χ1) is 18.1. The summed E-state index contributed by atoms with van der Waals surface area (Å²) < 4.78 is 0. The van der Waals surface area contributed by atoms with E-state index < -0.39 is 0 Å². The molecule has 0 N–H and O–H groups in total. The number of fused-ring (bicyclic) bond motifs is 1. The first kappa shape index (κ1) is 25.7.